The summed E-state index contributed by atoms with van der Waals surface area (Å²) in [6, 6.07) is 6.47. The Hall–Kier alpha value is -2.44. The minimum Gasteiger partial charge on any atom is -0.364 e. The fourth-order valence-electron chi connectivity index (χ4n) is 1.74. The van der Waals surface area contributed by atoms with Gasteiger partial charge in [0.15, 0.2) is 0 Å². The van der Waals surface area contributed by atoms with Gasteiger partial charge in [-0.3, -0.25) is 4.79 Å². The monoisotopic (exact) mass is 281 g/mol. The third-order valence-corrected chi connectivity index (χ3v) is 2.63. The molecule has 20 heavy (non-hydrogen) atoms. The van der Waals surface area contributed by atoms with Crippen LogP contribution in [0.1, 0.15) is 27.4 Å². The van der Waals surface area contributed by atoms with Crippen molar-refractivity contribution in [3.8, 4) is 0 Å². The van der Waals surface area contributed by atoms with Crippen LogP contribution in [0.5, 0.6) is 0 Å². The standard InChI is InChI=1S/C13H10F3N3O/c14-13(15,16)9-4-2-1-3-8(9)7-11-18-6-5-10(19-11)12(17)20/h1-6H,7H2,(H2,17,20). The Morgan fingerprint density at radius 3 is 2.55 bits per heavy atom. The molecule has 1 aromatic carbocycles. The minimum absolute atomic E-state index is 0.0283. The highest BCUT2D eigenvalue weighted by Gasteiger charge is 2.32. The maximum absolute atomic E-state index is 12.8. The molecule has 0 spiro atoms. The summed E-state index contributed by atoms with van der Waals surface area (Å²) in [4.78, 5) is 18.7. The molecule has 0 saturated carbocycles. The van der Waals surface area contributed by atoms with Crippen LogP contribution in [0, 0.1) is 0 Å². The molecule has 0 atom stereocenters. The first-order valence-electron chi connectivity index (χ1n) is 5.65. The lowest BCUT2D eigenvalue weighted by molar-refractivity contribution is -0.138. The average Bonchev–Trinajstić information content (AvgIpc) is 2.38. The van der Waals surface area contributed by atoms with Gasteiger partial charge in [-0.15, -0.1) is 0 Å². The van der Waals surface area contributed by atoms with Gasteiger partial charge in [0, 0.05) is 12.6 Å². The number of nitrogens with two attached hydrogens (primary N) is 1. The molecule has 0 aliphatic rings. The lowest BCUT2D eigenvalue weighted by Crippen LogP contribution is -2.15. The summed E-state index contributed by atoms with van der Waals surface area (Å²) in [6.07, 6.45) is -3.28. The van der Waals surface area contributed by atoms with Crippen molar-refractivity contribution in [2.45, 2.75) is 12.6 Å². The number of nitrogens with zero attached hydrogens (tertiary/aromatic N) is 2. The van der Waals surface area contributed by atoms with Gasteiger partial charge >= 0.3 is 6.18 Å². The van der Waals surface area contributed by atoms with Crippen molar-refractivity contribution in [2.75, 3.05) is 0 Å². The number of aromatic nitrogens is 2. The van der Waals surface area contributed by atoms with Crippen LogP contribution in [-0.4, -0.2) is 15.9 Å². The number of halogens is 3. The van der Waals surface area contributed by atoms with Crippen LogP contribution in [0.15, 0.2) is 36.5 Å². The summed E-state index contributed by atoms with van der Waals surface area (Å²) in [5.74, 6) is -0.643. The van der Waals surface area contributed by atoms with Crippen LogP contribution < -0.4 is 5.73 Å². The van der Waals surface area contributed by atoms with Crippen LogP contribution in [0.4, 0.5) is 13.2 Å². The number of carbonyl (C=O) groups excluding carboxylic acids is 1. The minimum atomic E-state index is -4.45. The number of hydrogen-bond acceptors (Lipinski definition) is 3. The van der Waals surface area contributed by atoms with Crippen molar-refractivity contribution >= 4 is 5.91 Å². The summed E-state index contributed by atoms with van der Waals surface area (Å²) in [5, 5.41) is 0. The number of alkyl halides is 3. The molecule has 0 aliphatic heterocycles. The van der Waals surface area contributed by atoms with Crippen molar-refractivity contribution in [3.63, 3.8) is 0 Å². The second-order valence-electron chi connectivity index (χ2n) is 4.05. The van der Waals surface area contributed by atoms with Crippen LogP contribution in [0.25, 0.3) is 0 Å². The number of rotatable bonds is 3. The molecule has 0 fully saturated rings. The molecule has 2 aromatic rings. The average molecular weight is 281 g/mol. The predicted octanol–water partition coefficient (Wildman–Crippen LogP) is 2.19. The van der Waals surface area contributed by atoms with Crippen molar-refractivity contribution in [1.29, 1.82) is 0 Å². The first kappa shape index (κ1) is 14.0. The van der Waals surface area contributed by atoms with E-state index >= 15 is 0 Å². The Balaban J connectivity index is 2.36. The molecule has 104 valence electrons. The Morgan fingerprint density at radius 1 is 1.20 bits per heavy atom. The molecule has 0 saturated heterocycles. The molecule has 0 unspecified atom stereocenters. The summed E-state index contributed by atoms with van der Waals surface area (Å²) in [5.41, 5.74) is 4.34. The molecule has 2 rings (SSSR count). The molecule has 0 radical (unpaired) electrons. The quantitative estimate of drug-likeness (QED) is 0.937. The molecule has 1 heterocycles. The van der Waals surface area contributed by atoms with Crippen molar-refractivity contribution in [2.24, 2.45) is 5.73 Å². The third-order valence-electron chi connectivity index (χ3n) is 2.63. The highest BCUT2D eigenvalue weighted by Crippen LogP contribution is 2.32. The Bertz CT molecular complexity index is 641. The van der Waals surface area contributed by atoms with Gasteiger partial charge in [0.1, 0.15) is 11.5 Å². The van der Waals surface area contributed by atoms with Gasteiger partial charge in [0.05, 0.1) is 5.56 Å². The zero-order valence-electron chi connectivity index (χ0n) is 10.2. The van der Waals surface area contributed by atoms with Crippen LogP contribution >= 0.6 is 0 Å². The first-order chi connectivity index (χ1) is 9.38. The largest absolute Gasteiger partial charge is 0.416 e. The highest BCUT2D eigenvalue weighted by molar-refractivity contribution is 5.90. The van der Waals surface area contributed by atoms with Gasteiger partial charge in [-0.2, -0.15) is 13.2 Å². The number of benzene rings is 1. The fraction of sp³-hybridized carbons (Fsp3) is 0.154. The van der Waals surface area contributed by atoms with Crippen molar-refractivity contribution < 1.29 is 18.0 Å². The normalized spacial score (nSPS) is 11.3. The van der Waals surface area contributed by atoms with Gasteiger partial charge in [-0.05, 0) is 17.7 Å². The van der Waals surface area contributed by atoms with E-state index in [-0.39, 0.29) is 23.5 Å². The summed E-state index contributed by atoms with van der Waals surface area (Å²) >= 11 is 0. The molecule has 2 N–H and O–H groups in total. The Kier molecular flexibility index (Phi) is 3.69. The van der Waals surface area contributed by atoms with E-state index in [9.17, 15) is 18.0 Å². The van der Waals surface area contributed by atoms with E-state index in [4.69, 9.17) is 5.73 Å². The third kappa shape index (κ3) is 3.11. The Labute approximate surface area is 112 Å². The summed E-state index contributed by atoms with van der Waals surface area (Å²) in [6.45, 7) is 0. The molecule has 1 aromatic heterocycles. The number of carbonyl (C=O) groups is 1. The summed E-state index contributed by atoms with van der Waals surface area (Å²) in [7, 11) is 0. The Morgan fingerprint density at radius 2 is 1.90 bits per heavy atom. The van der Waals surface area contributed by atoms with E-state index in [0.29, 0.717) is 0 Å². The predicted molar refractivity (Wildman–Crippen MR) is 64.8 cm³/mol. The molecule has 1 amide bonds. The van der Waals surface area contributed by atoms with E-state index in [1.54, 1.807) is 0 Å². The lowest BCUT2D eigenvalue weighted by Gasteiger charge is -2.12. The number of amides is 1. The van der Waals surface area contributed by atoms with Crippen LogP contribution in [0.3, 0.4) is 0 Å². The maximum Gasteiger partial charge on any atom is 0.416 e. The SMILES string of the molecule is NC(=O)c1ccnc(Cc2ccccc2C(F)(F)F)n1. The second-order valence-corrected chi connectivity index (χ2v) is 4.05. The van der Waals surface area contributed by atoms with E-state index in [1.807, 2.05) is 0 Å². The zero-order chi connectivity index (χ0) is 14.8. The maximum atomic E-state index is 12.8. The smallest absolute Gasteiger partial charge is 0.364 e. The topological polar surface area (TPSA) is 68.9 Å². The molecule has 7 heteroatoms. The van der Waals surface area contributed by atoms with Crippen molar-refractivity contribution in [3.05, 3.63) is 59.2 Å². The van der Waals surface area contributed by atoms with Gasteiger partial charge in [0.2, 0.25) is 0 Å². The molecule has 0 aliphatic carbocycles. The van der Waals surface area contributed by atoms with E-state index < -0.39 is 17.6 Å². The molecule has 4 nitrogen and oxygen atoms in total. The second kappa shape index (κ2) is 5.28. The number of hydrogen-bond donors (Lipinski definition) is 1. The van der Waals surface area contributed by atoms with E-state index in [1.165, 1.54) is 30.5 Å². The van der Waals surface area contributed by atoms with Gasteiger partial charge in [0.25, 0.3) is 5.91 Å². The summed E-state index contributed by atoms with van der Waals surface area (Å²) < 4.78 is 38.5. The fourth-order valence-corrected chi connectivity index (χ4v) is 1.74. The lowest BCUT2D eigenvalue weighted by atomic mass is 10.0. The zero-order valence-corrected chi connectivity index (χ0v) is 10.2. The highest BCUT2D eigenvalue weighted by atomic mass is 19.4. The molecular weight excluding hydrogens is 271 g/mol. The molecular formula is C13H10F3N3O. The van der Waals surface area contributed by atoms with E-state index in [2.05, 4.69) is 9.97 Å². The molecule has 0 bridgehead atoms. The van der Waals surface area contributed by atoms with Crippen LogP contribution in [0.2, 0.25) is 0 Å². The first-order valence-corrected chi connectivity index (χ1v) is 5.65. The van der Waals surface area contributed by atoms with Gasteiger partial charge in [-0.1, -0.05) is 18.2 Å². The van der Waals surface area contributed by atoms with Gasteiger partial charge < -0.3 is 5.73 Å². The van der Waals surface area contributed by atoms with E-state index in [0.717, 1.165) is 6.07 Å². The number of primary amides is 1. The van der Waals surface area contributed by atoms with Crippen LogP contribution in [-0.2, 0) is 12.6 Å². The van der Waals surface area contributed by atoms with Gasteiger partial charge in [-0.25, -0.2) is 9.97 Å². The van der Waals surface area contributed by atoms with Crippen molar-refractivity contribution in [1.82, 2.24) is 9.97 Å².